The second-order valence-corrected chi connectivity index (χ2v) is 10.4. The lowest BCUT2D eigenvalue weighted by Crippen LogP contribution is -2.53. The van der Waals surface area contributed by atoms with Crippen molar-refractivity contribution in [3.63, 3.8) is 0 Å². The van der Waals surface area contributed by atoms with Gasteiger partial charge in [0.1, 0.15) is 0 Å². The van der Waals surface area contributed by atoms with E-state index in [1.807, 2.05) is 24.0 Å². The van der Waals surface area contributed by atoms with E-state index in [9.17, 15) is 9.59 Å². The number of aryl methyl sites for hydroxylation is 1. The van der Waals surface area contributed by atoms with Gasteiger partial charge in [-0.05, 0) is 69.4 Å². The van der Waals surface area contributed by atoms with Crippen molar-refractivity contribution in [3.05, 3.63) is 29.6 Å². The molecule has 6 heteroatoms. The number of likely N-dealkylation sites (tertiary alicyclic amines) is 1. The van der Waals surface area contributed by atoms with E-state index < -0.39 is 0 Å². The number of carbonyl (C=O) groups is 2. The molecule has 1 aromatic heterocycles. The first kappa shape index (κ1) is 20.9. The van der Waals surface area contributed by atoms with Crippen LogP contribution in [0.3, 0.4) is 0 Å². The van der Waals surface area contributed by atoms with Crippen molar-refractivity contribution in [2.75, 3.05) is 39.3 Å². The zero-order valence-electron chi connectivity index (χ0n) is 18.9. The number of aromatic nitrogens is 1. The maximum atomic E-state index is 13.1. The van der Waals surface area contributed by atoms with Crippen LogP contribution in [0.4, 0.5) is 0 Å². The molecule has 0 unspecified atom stereocenters. The largest absolute Gasteiger partial charge is 0.341 e. The Morgan fingerprint density at radius 2 is 1.74 bits per heavy atom. The molecular formula is C25H36N4O2. The van der Waals surface area contributed by atoms with Crippen LogP contribution >= 0.6 is 0 Å². The zero-order valence-corrected chi connectivity index (χ0v) is 18.9. The minimum absolute atomic E-state index is 0.118. The summed E-state index contributed by atoms with van der Waals surface area (Å²) in [4.78, 5) is 36.9. The molecule has 1 aromatic rings. The van der Waals surface area contributed by atoms with E-state index >= 15 is 0 Å². The number of nitrogens with zero attached hydrogens (tertiary/aromatic N) is 4. The summed E-state index contributed by atoms with van der Waals surface area (Å²) < 4.78 is 0. The second-order valence-electron chi connectivity index (χ2n) is 10.4. The van der Waals surface area contributed by atoms with Gasteiger partial charge in [0.2, 0.25) is 5.91 Å². The fourth-order valence-electron chi connectivity index (χ4n) is 6.15. The first-order valence-corrected chi connectivity index (χ1v) is 12.3. The van der Waals surface area contributed by atoms with E-state index in [0.717, 1.165) is 88.7 Å². The number of carbonyl (C=O) groups excluding carboxylic acids is 2. The molecule has 0 N–H and O–H groups in total. The molecule has 168 valence electrons. The van der Waals surface area contributed by atoms with E-state index in [0.29, 0.717) is 5.91 Å². The lowest BCUT2D eigenvalue weighted by molar-refractivity contribution is -0.145. The minimum Gasteiger partial charge on any atom is -0.341 e. The SMILES string of the molecule is Cc1cc(C(=O)N2CCC3(CC2)CC(C(=O)N2CCCN(C4CCC4)CC2)C3)ccn1. The van der Waals surface area contributed by atoms with E-state index in [1.165, 1.54) is 19.3 Å². The van der Waals surface area contributed by atoms with Gasteiger partial charge >= 0.3 is 0 Å². The molecule has 2 aliphatic carbocycles. The second kappa shape index (κ2) is 8.53. The minimum atomic E-state index is 0.118. The Morgan fingerprint density at radius 3 is 2.42 bits per heavy atom. The first-order valence-electron chi connectivity index (χ1n) is 12.3. The summed E-state index contributed by atoms with van der Waals surface area (Å²) in [5.74, 6) is 0.722. The summed E-state index contributed by atoms with van der Waals surface area (Å²) in [6.07, 6.45) is 11.0. The predicted octanol–water partition coefficient (Wildman–Crippen LogP) is 3.11. The van der Waals surface area contributed by atoms with Crippen molar-refractivity contribution in [1.29, 1.82) is 0 Å². The van der Waals surface area contributed by atoms with Crippen LogP contribution in [0, 0.1) is 18.3 Å². The molecule has 4 aliphatic rings. The van der Waals surface area contributed by atoms with Gasteiger partial charge in [-0.15, -0.1) is 0 Å². The number of hydrogen-bond acceptors (Lipinski definition) is 4. The molecule has 2 saturated heterocycles. The highest BCUT2D eigenvalue weighted by atomic mass is 16.2. The Bertz CT molecular complexity index is 821. The molecule has 4 fully saturated rings. The Morgan fingerprint density at radius 1 is 0.968 bits per heavy atom. The van der Waals surface area contributed by atoms with Gasteiger partial charge in [-0.3, -0.25) is 19.5 Å². The van der Waals surface area contributed by atoms with E-state index in [2.05, 4.69) is 14.8 Å². The molecule has 3 heterocycles. The van der Waals surface area contributed by atoms with Gasteiger partial charge in [0.15, 0.2) is 0 Å². The van der Waals surface area contributed by atoms with Crippen molar-refractivity contribution in [1.82, 2.24) is 19.7 Å². The first-order chi connectivity index (χ1) is 15.0. The van der Waals surface area contributed by atoms with Gasteiger partial charge in [0.05, 0.1) is 0 Å². The fourth-order valence-corrected chi connectivity index (χ4v) is 6.15. The average Bonchev–Trinajstić information content (AvgIpc) is 2.96. The molecule has 2 saturated carbocycles. The third kappa shape index (κ3) is 4.23. The predicted molar refractivity (Wildman–Crippen MR) is 120 cm³/mol. The van der Waals surface area contributed by atoms with Crippen molar-refractivity contribution in [3.8, 4) is 0 Å². The van der Waals surface area contributed by atoms with Crippen LogP contribution in [0.25, 0.3) is 0 Å². The molecule has 0 bridgehead atoms. The van der Waals surface area contributed by atoms with Gasteiger partial charge in [-0.25, -0.2) is 0 Å². The zero-order chi connectivity index (χ0) is 21.4. The molecule has 0 aromatic carbocycles. The Kier molecular flexibility index (Phi) is 5.76. The van der Waals surface area contributed by atoms with Crippen molar-refractivity contribution >= 4 is 11.8 Å². The summed E-state index contributed by atoms with van der Waals surface area (Å²) >= 11 is 0. The van der Waals surface area contributed by atoms with Crippen LogP contribution in [-0.2, 0) is 4.79 Å². The molecule has 31 heavy (non-hydrogen) atoms. The molecule has 5 rings (SSSR count). The highest BCUT2D eigenvalue weighted by Gasteiger charge is 2.49. The van der Waals surface area contributed by atoms with Crippen LogP contribution in [0.1, 0.15) is 67.4 Å². The average molecular weight is 425 g/mol. The van der Waals surface area contributed by atoms with Gasteiger partial charge in [-0.2, -0.15) is 0 Å². The lowest BCUT2D eigenvalue weighted by Gasteiger charge is -2.52. The fraction of sp³-hybridized carbons (Fsp3) is 0.720. The molecule has 0 radical (unpaired) electrons. The Labute approximate surface area is 186 Å². The van der Waals surface area contributed by atoms with Crippen LogP contribution < -0.4 is 0 Å². The van der Waals surface area contributed by atoms with Crippen LogP contribution in [0.2, 0.25) is 0 Å². The molecular weight excluding hydrogens is 388 g/mol. The van der Waals surface area contributed by atoms with Gasteiger partial charge < -0.3 is 9.80 Å². The van der Waals surface area contributed by atoms with Crippen LogP contribution in [0.15, 0.2) is 18.3 Å². The number of hydrogen-bond donors (Lipinski definition) is 0. The quantitative estimate of drug-likeness (QED) is 0.748. The maximum Gasteiger partial charge on any atom is 0.253 e. The van der Waals surface area contributed by atoms with Crippen molar-refractivity contribution in [2.24, 2.45) is 11.3 Å². The number of pyridine rings is 1. The summed E-state index contributed by atoms with van der Waals surface area (Å²) in [5, 5.41) is 0. The summed E-state index contributed by atoms with van der Waals surface area (Å²) in [7, 11) is 0. The summed E-state index contributed by atoms with van der Waals surface area (Å²) in [5.41, 5.74) is 1.90. The smallest absolute Gasteiger partial charge is 0.253 e. The number of rotatable bonds is 3. The molecule has 2 aliphatic heterocycles. The van der Waals surface area contributed by atoms with Gasteiger partial charge in [0.25, 0.3) is 5.91 Å². The van der Waals surface area contributed by atoms with Crippen molar-refractivity contribution in [2.45, 2.75) is 64.3 Å². The lowest BCUT2D eigenvalue weighted by atomic mass is 9.57. The Hall–Kier alpha value is -1.95. The summed E-state index contributed by atoms with van der Waals surface area (Å²) in [6.45, 7) is 7.58. The molecule has 2 amide bonds. The van der Waals surface area contributed by atoms with Crippen molar-refractivity contribution < 1.29 is 9.59 Å². The van der Waals surface area contributed by atoms with Gasteiger partial charge in [-0.1, -0.05) is 6.42 Å². The van der Waals surface area contributed by atoms with E-state index in [4.69, 9.17) is 0 Å². The molecule has 1 spiro atoms. The maximum absolute atomic E-state index is 13.1. The highest BCUT2D eigenvalue weighted by Crippen LogP contribution is 2.53. The topological polar surface area (TPSA) is 56.8 Å². The van der Waals surface area contributed by atoms with Gasteiger partial charge in [0, 0.05) is 68.7 Å². The van der Waals surface area contributed by atoms with E-state index in [-0.39, 0.29) is 17.2 Å². The van der Waals surface area contributed by atoms with Crippen LogP contribution in [0.5, 0.6) is 0 Å². The Balaban J connectivity index is 1.10. The number of amides is 2. The third-order valence-electron chi connectivity index (χ3n) is 8.40. The normalized spacial score (nSPS) is 25.1. The standard InChI is InChI=1S/C25H36N4O2/c1-19-16-20(6-9-26-19)23(30)29-12-7-25(8-13-29)17-21(18-25)24(31)28-11-3-10-27(14-15-28)22-4-2-5-22/h6,9,16,21-22H,2-5,7-8,10-15,17-18H2,1H3. The number of piperidine rings is 1. The molecule has 0 atom stereocenters. The monoisotopic (exact) mass is 424 g/mol. The highest BCUT2D eigenvalue weighted by molar-refractivity contribution is 5.94. The third-order valence-corrected chi connectivity index (χ3v) is 8.40. The van der Waals surface area contributed by atoms with E-state index in [1.54, 1.807) is 6.20 Å². The molecule has 6 nitrogen and oxygen atoms in total. The van der Waals surface area contributed by atoms with Crippen LogP contribution in [-0.4, -0.2) is 76.8 Å². The summed E-state index contributed by atoms with van der Waals surface area (Å²) in [6, 6.07) is 4.47.